The first kappa shape index (κ1) is 19.8. The molecule has 0 aromatic heterocycles. The van der Waals surface area contributed by atoms with E-state index < -0.39 is 5.97 Å². The summed E-state index contributed by atoms with van der Waals surface area (Å²) in [6, 6.07) is 5.33. The van der Waals surface area contributed by atoms with Gasteiger partial charge in [0, 0.05) is 24.7 Å². The van der Waals surface area contributed by atoms with E-state index in [-0.39, 0.29) is 24.7 Å². The van der Waals surface area contributed by atoms with Crippen molar-refractivity contribution in [1.82, 2.24) is 4.90 Å². The van der Waals surface area contributed by atoms with Crippen molar-refractivity contribution >= 4 is 18.0 Å². The zero-order chi connectivity index (χ0) is 19.1. The molecule has 0 bridgehead atoms. The Labute approximate surface area is 153 Å². The van der Waals surface area contributed by atoms with E-state index in [0.717, 1.165) is 0 Å². The molecule has 0 aliphatic carbocycles. The molecule has 1 fully saturated rings. The summed E-state index contributed by atoms with van der Waals surface area (Å²) in [5, 5.41) is 0. The van der Waals surface area contributed by atoms with Crippen LogP contribution < -0.4 is 9.47 Å². The minimum atomic E-state index is -0.599. The largest absolute Gasteiger partial charge is 0.493 e. The average Bonchev–Trinajstić information content (AvgIpc) is 2.62. The van der Waals surface area contributed by atoms with Crippen molar-refractivity contribution in [2.75, 3.05) is 33.9 Å². The summed E-state index contributed by atoms with van der Waals surface area (Å²) in [7, 11) is 3.06. The van der Waals surface area contributed by atoms with Gasteiger partial charge in [0.15, 0.2) is 18.1 Å². The number of amides is 1. The number of hydrogen-bond donors (Lipinski definition) is 0. The summed E-state index contributed by atoms with van der Waals surface area (Å²) in [5.74, 6) is 0.255. The maximum Gasteiger partial charge on any atom is 0.331 e. The highest BCUT2D eigenvalue weighted by atomic mass is 16.5. The minimum absolute atomic E-state index is 0.0289. The number of methoxy groups -OCH3 is 2. The Balaban J connectivity index is 1.91. The van der Waals surface area contributed by atoms with Crippen LogP contribution in [0.2, 0.25) is 0 Å². The molecular formula is C19H25NO6. The fourth-order valence-corrected chi connectivity index (χ4v) is 2.85. The third-order valence-corrected chi connectivity index (χ3v) is 3.94. The summed E-state index contributed by atoms with van der Waals surface area (Å²) in [6.07, 6.45) is 2.76. The predicted octanol–water partition coefficient (Wildman–Crippen LogP) is 1.90. The van der Waals surface area contributed by atoms with Crippen molar-refractivity contribution < 1.29 is 28.5 Å². The molecule has 142 valence electrons. The monoisotopic (exact) mass is 363 g/mol. The molecule has 0 saturated carbocycles. The molecule has 7 heteroatoms. The molecule has 1 saturated heterocycles. The molecule has 0 radical (unpaired) electrons. The fourth-order valence-electron chi connectivity index (χ4n) is 2.85. The Kier molecular flexibility index (Phi) is 7.03. The molecule has 26 heavy (non-hydrogen) atoms. The molecule has 0 spiro atoms. The smallest absolute Gasteiger partial charge is 0.331 e. The number of morpholine rings is 1. The van der Waals surface area contributed by atoms with Crippen molar-refractivity contribution in [1.29, 1.82) is 0 Å². The lowest BCUT2D eigenvalue weighted by Gasteiger charge is -2.35. The van der Waals surface area contributed by atoms with Crippen LogP contribution in [0.3, 0.4) is 0 Å². The second-order valence-corrected chi connectivity index (χ2v) is 6.08. The van der Waals surface area contributed by atoms with E-state index in [4.69, 9.17) is 18.9 Å². The number of carbonyl (C=O) groups is 2. The molecule has 0 unspecified atom stereocenters. The van der Waals surface area contributed by atoms with Gasteiger partial charge in [-0.1, -0.05) is 12.1 Å². The van der Waals surface area contributed by atoms with Gasteiger partial charge in [0.25, 0.3) is 5.91 Å². The van der Waals surface area contributed by atoms with Crippen LogP contribution in [0, 0.1) is 0 Å². The Morgan fingerprint density at radius 1 is 1.19 bits per heavy atom. The highest BCUT2D eigenvalue weighted by molar-refractivity contribution is 5.90. The van der Waals surface area contributed by atoms with Crippen molar-refractivity contribution in [3.8, 4) is 11.5 Å². The third kappa shape index (κ3) is 5.23. The van der Waals surface area contributed by atoms with Crippen molar-refractivity contribution in [3.63, 3.8) is 0 Å². The van der Waals surface area contributed by atoms with E-state index in [9.17, 15) is 9.59 Å². The quantitative estimate of drug-likeness (QED) is 0.568. The van der Waals surface area contributed by atoms with E-state index in [1.807, 2.05) is 13.8 Å². The molecule has 7 nitrogen and oxygen atoms in total. The predicted molar refractivity (Wildman–Crippen MR) is 96.1 cm³/mol. The number of nitrogens with zero attached hydrogens (tertiary/aromatic N) is 1. The molecule has 1 heterocycles. The van der Waals surface area contributed by atoms with Gasteiger partial charge in [-0.15, -0.1) is 0 Å². The average molecular weight is 363 g/mol. The van der Waals surface area contributed by atoms with Gasteiger partial charge in [0.2, 0.25) is 0 Å². The van der Waals surface area contributed by atoms with Crippen molar-refractivity contribution in [2.24, 2.45) is 0 Å². The zero-order valence-corrected chi connectivity index (χ0v) is 15.6. The van der Waals surface area contributed by atoms with E-state index in [1.54, 1.807) is 36.3 Å². The summed E-state index contributed by atoms with van der Waals surface area (Å²) < 4.78 is 21.1. The summed E-state index contributed by atoms with van der Waals surface area (Å²) in [5.41, 5.74) is 0.672. The topological polar surface area (TPSA) is 74.3 Å². The van der Waals surface area contributed by atoms with Crippen molar-refractivity contribution in [3.05, 3.63) is 29.8 Å². The van der Waals surface area contributed by atoms with E-state index >= 15 is 0 Å². The molecule has 2 rings (SSSR count). The lowest BCUT2D eigenvalue weighted by Crippen LogP contribution is -2.49. The van der Waals surface area contributed by atoms with E-state index in [2.05, 4.69) is 0 Å². The molecule has 1 aliphatic rings. The van der Waals surface area contributed by atoms with Crippen LogP contribution in [0.1, 0.15) is 19.4 Å². The number of esters is 1. The van der Waals surface area contributed by atoms with Gasteiger partial charge < -0.3 is 23.8 Å². The van der Waals surface area contributed by atoms with E-state index in [1.165, 1.54) is 13.2 Å². The number of carbonyl (C=O) groups excluding carboxylic acids is 2. The number of para-hydroxylation sites is 1. The first-order chi connectivity index (χ1) is 12.4. The van der Waals surface area contributed by atoms with Crippen LogP contribution in [-0.2, 0) is 19.1 Å². The fraction of sp³-hybridized carbons (Fsp3) is 0.474. The first-order valence-electron chi connectivity index (χ1n) is 8.43. The molecule has 0 N–H and O–H groups in total. The minimum Gasteiger partial charge on any atom is -0.493 e. The number of hydrogen-bond acceptors (Lipinski definition) is 6. The lowest BCUT2D eigenvalue weighted by molar-refractivity contribution is -0.154. The normalized spacial score (nSPS) is 20.1. The van der Waals surface area contributed by atoms with Gasteiger partial charge >= 0.3 is 5.97 Å². The molecule has 1 aromatic rings. The van der Waals surface area contributed by atoms with Crippen LogP contribution in [0.5, 0.6) is 11.5 Å². The molecule has 1 aliphatic heterocycles. The molecule has 1 aromatic carbocycles. The van der Waals surface area contributed by atoms with E-state index in [0.29, 0.717) is 30.2 Å². The zero-order valence-electron chi connectivity index (χ0n) is 15.6. The Hall–Kier alpha value is -2.54. The standard InChI is InChI=1S/C19H25NO6/c1-13-10-20(11-14(2)26-13)17(21)12-25-18(22)9-8-15-6-5-7-16(23-3)19(15)24-4/h5-9,13-14H,10-12H2,1-4H3/b9-8+/t13-,14-/m1/s1. The maximum absolute atomic E-state index is 12.2. The Bertz CT molecular complexity index is 662. The first-order valence-corrected chi connectivity index (χ1v) is 8.43. The van der Waals surface area contributed by atoms with Crippen molar-refractivity contribution in [2.45, 2.75) is 26.1 Å². The van der Waals surface area contributed by atoms with Gasteiger partial charge in [0.05, 0.1) is 26.4 Å². The van der Waals surface area contributed by atoms with Gasteiger partial charge in [-0.25, -0.2) is 4.79 Å². The van der Waals surface area contributed by atoms with Crippen LogP contribution in [-0.4, -0.2) is 62.9 Å². The number of ether oxygens (including phenoxy) is 4. The van der Waals surface area contributed by atoms with Crippen LogP contribution in [0.15, 0.2) is 24.3 Å². The van der Waals surface area contributed by atoms with Crippen LogP contribution in [0.25, 0.3) is 6.08 Å². The third-order valence-electron chi connectivity index (χ3n) is 3.94. The molecular weight excluding hydrogens is 338 g/mol. The van der Waals surface area contributed by atoms with Crippen LogP contribution in [0.4, 0.5) is 0 Å². The Morgan fingerprint density at radius 2 is 1.88 bits per heavy atom. The molecule has 1 amide bonds. The highest BCUT2D eigenvalue weighted by Crippen LogP contribution is 2.31. The summed E-state index contributed by atoms with van der Waals surface area (Å²) in [6.45, 7) is 4.52. The van der Waals surface area contributed by atoms with Gasteiger partial charge in [0.1, 0.15) is 0 Å². The number of benzene rings is 1. The van der Waals surface area contributed by atoms with Gasteiger partial charge in [-0.05, 0) is 26.0 Å². The van der Waals surface area contributed by atoms with Gasteiger partial charge in [-0.2, -0.15) is 0 Å². The van der Waals surface area contributed by atoms with Crippen LogP contribution >= 0.6 is 0 Å². The summed E-state index contributed by atoms with van der Waals surface area (Å²) in [4.78, 5) is 25.7. The summed E-state index contributed by atoms with van der Waals surface area (Å²) >= 11 is 0. The highest BCUT2D eigenvalue weighted by Gasteiger charge is 2.26. The SMILES string of the molecule is COc1cccc(/C=C/C(=O)OCC(=O)N2C[C@@H](C)O[C@H](C)C2)c1OC. The second kappa shape index (κ2) is 9.24. The molecule has 2 atom stereocenters. The lowest BCUT2D eigenvalue weighted by atomic mass is 10.1. The number of rotatable bonds is 6. The van der Waals surface area contributed by atoms with Gasteiger partial charge in [-0.3, -0.25) is 4.79 Å². The Morgan fingerprint density at radius 3 is 2.50 bits per heavy atom. The maximum atomic E-state index is 12.2. The second-order valence-electron chi connectivity index (χ2n) is 6.08.